The number of carboxylic acids is 1. The first-order chi connectivity index (χ1) is 14.3. The number of rotatable bonds is 6. The van der Waals surface area contributed by atoms with Crippen molar-refractivity contribution in [1.82, 2.24) is 5.32 Å². The zero-order chi connectivity index (χ0) is 21.8. The van der Waals surface area contributed by atoms with Gasteiger partial charge >= 0.3 is 5.97 Å². The number of ether oxygens (including phenoxy) is 2. The highest BCUT2D eigenvalue weighted by Crippen LogP contribution is 2.37. The molecular formula is C20H16Cl2N2O5S. The van der Waals surface area contributed by atoms with E-state index in [4.69, 9.17) is 37.8 Å². The van der Waals surface area contributed by atoms with Crippen molar-refractivity contribution < 1.29 is 24.2 Å². The lowest BCUT2D eigenvalue weighted by Crippen LogP contribution is -2.23. The summed E-state index contributed by atoms with van der Waals surface area (Å²) in [6, 6.07) is 10.1. The minimum atomic E-state index is -1.12. The number of aliphatic carboxylic acids is 1. The van der Waals surface area contributed by atoms with E-state index in [0.29, 0.717) is 32.1 Å². The van der Waals surface area contributed by atoms with Gasteiger partial charge in [0.1, 0.15) is 0 Å². The molecule has 3 rings (SSSR count). The third-order valence-corrected chi connectivity index (χ3v) is 5.68. The van der Waals surface area contributed by atoms with Crippen LogP contribution in [0.25, 0.3) is 6.08 Å². The van der Waals surface area contributed by atoms with Gasteiger partial charge in [-0.2, -0.15) is 0 Å². The molecule has 2 aromatic rings. The summed E-state index contributed by atoms with van der Waals surface area (Å²) in [5.74, 6) is -0.920. The number of hydrogen-bond donors (Lipinski definition) is 2. The lowest BCUT2D eigenvalue weighted by atomic mass is 10.1. The van der Waals surface area contributed by atoms with Crippen LogP contribution in [0.4, 0.5) is 5.69 Å². The van der Waals surface area contributed by atoms with Gasteiger partial charge in [-0.25, -0.2) is 9.79 Å². The van der Waals surface area contributed by atoms with Crippen LogP contribution in [0, 0.1) is 0 Å². The molecule has 2 aromatic carbocycles. The first kappa shape index (κ1) is 22.0. The molecule has 30 heavy (non-hydrogen) atoms. The van der Waals surface area contributed by atoms with Gasteiger partial charge in [-0.1, -0.05) is 41.4 Å². The fraction of sp³-hybridized carbons (Fsp3) is 0.150. The number of aliphatic imine (C=N–C) groups is 1. The Morgan fingerprint density at radius 1 is 1.27 bits per heavy atom. The van der Waals surface area contributed by atoms with E-state index in [0.717, 1.165) is 11.8 Å². The van der Waals surface area contributed by atoms with Gasteiger partial charge in [0.25, 0.3) is 5.91 Å². The van der Waals surface area contributed by atoms with E-state index >= 15 is 0 Å². The number of para-hydroxylation sites is 1. The first-order valence-corrected chi connectivity index (χ1v) is 10.2. The molecule has 1 aliphatic heterocycles. The standard InChI is InChI=1S/C20H16Cl2N2O5S/c1-10(19(26)27)29-17-11(5-3-8-14(17)28-2)9-15-18(25)24-20(30-15)23-13-7-4-6-12(21)16(13)22/h3-10H,1-2H3,(H,26,27)(H,23,24,25)/b15-9-/t10-/m1/s1. The smallest absolute Gasteiger partial charge is 0.344 e. The number of nitrogens with zero attached hydrogens (tertiary/aromatic N) is 1. The molecule has 7 nitrogen and oxygen atoms in total. The minimum absolute atomic E-state index is 0.221. The predicted molar refractivity (Wildman–Crippen MR) is 118 cm³/mol. The molecule has 1 fully saturated rings. The molecule has 2 N–H and O–H groups in total. The van der Waals surface area contributed by atoms with Gasteiger partial charge in [-0.3, -0.25) is 4.79 Å². The Morgan fingerprint density at radius 3 is 2.70 bits per heavy atom. The molecule has 0 saturated carbocycles. The Balaban J connectivity index is 1.94. The number of benzene rings is 2. The summed E-state index contributed by atoms with van der Waals surface area (Å²) >= 11 is 13.3. The number of carbonyl (C=O) groups is 2. The fourth-order valence-corrected chi connectivity index (χ4v) is 3.63. The average molecular weight is 467 g/mol. The number of hydrogen-bond acceptors (Lipinski definition) is 6. The van der Waals surface area contributed by atoms with Crippen LogP contribution < -0.4 is 14.8 Å². The highest BCUT2D eigenvalue weighted by molar-refractivity contribution is 8.18. The van der Waals surface area contributed by atoms with Crippen molar-refractivity contribution in [3.8, 4) is 11.5 Å². The van der Waals surface area contributed by atoms with E-state index < -0.39 is 12.1 Å². The van der Waals surface area contributed by atoms with Crippen LogP contribution in [0.1, 0.15) is 12.5 Å². The normalized spacial score (nSPS) is 17.1. The molecule has 0 radical (unpaired) electrons. The maximum atomic E-state index is 12.4. The second-order valence-electron chi connectivity index (χ2n) is 6.03. The van der Waals surface area contributed by atoms with Gasteiger partial charge in [0.05, 0.1) is 27.7 Å². The zero-order valence-electron chi connectivity index (χ0n) is 15.8. The summed E-state index contributed by atoms with van der Waals surface area (Å²) in [5, 5.41) is 12.8. The Hall–Kier alpha value is -2.68. The summed E-state index contributed by atoms with van der Waals surface area (Å²) in [7, 11) is 1.45. The number of methoxy groups -OCH3 is 1. The van der Waals surface area contributed by atoms with E-state index in [2.05, 4.69) is 10.3 Å². The predicted octanol–water partition coefficient (Wildman–Crippen LogP) is 4.75. The Kier molecular flexibility index (Phi) is 6.91. The van der Waals surface area contributed by atoms with Crippen molar-refractivity contribution in [1.29, 1.82) is 0 Å². The number of amidine groups is 1. The monoisotopic (exact) mass is 466 g/mol. The topological polar surface area (TPSA) is 97.2 Å². The van der Waals surface area contributed by atoms with E-state index in [1.54, 1.807) is 42.5 Å². The lowest BCUT2D eigenvalue weighted by Gasteiger charge is -2.16. The summed E-state index contributed by atoms with van der Waals surface area (Å²) in [6.07, 6.45) is 0.472. The molecular weight excluding hydrogens is 451 g/mol. The van der Waals surface area contributed by atoms with Gasteiger partial charge in [0.2, 0.25) is 0 Å². The number of nitrogens with one attached hydrogen (secondary N) is 1. The molecule has 0 bridgehead atoms. The molecule has 0 aromatic heterocycles. The highest BCUT2D eigenvalue weighted by Gasteiger charge is 2.26. The van der Waals surface area contributed by atoms with Crippen molar-refractivity contribution in [3.63, 3.8) is 0 Å². The average Bonchev–Trinajstić information content (AvgIpc) is 3.05. The van der Waals surface area contributed by atoms with Crippen LogP contribution in [-0.2, 0) is 9.59 Å². The quantitative estimate of drug-likeness (QED) is 0.596. The van der Waals surface area contributed by atoms with Gasteiger partial charge in [-0.15, -0.1) is 0 Å². The second-order valence-corrected chi connectivity index (χ2v) is 7.85. The van der Waals surface area contributed by atoms with Crippen LogP contribution in [0.3, 0.4) is 0 Å². The number of carbonyl (C=O) groups excluding carboxylic acids is 1. The van der Waals surface area contributed by atoms with E-state index in [1.165, 1.54) is 14.0 Å². The maximum absolute atomic E-state index is 12.4. The van der Waals surface area contributed by atoms with Crippen molar-refractivity contribution in [2.45, 2.75) is 13.0 Å². The summed E-state index contributed by atoms with van der Waals surface area (Å²) in [5.41, 5.74) is 0.913. The minimum Gasteiger partial charge on any atom is -0.493 e. The van der Waals surface area contributed by atoms with Crippen LogP contribution in [-0.4, -0.2) is 35.4 Å². The van der Waals surface area contributed by atoms with E-state index in [9.17, 15) is 9.59 Å². The van der Waals surface area contributed by atoms with Crippen LogP contribution in [0.5, 0.6) is 11.5 Å². The van der Waals surface area contributed by atoms with Gasteiger partial charge in [-0.05, 0) is 43.0 Å². The maximum Gasteiger partial charge on any atom is 0.344 e. The molecule has 1 heterocycles. The summed E-state index contributed by atoms with van der Waals surface area (Å²) in [4.78, 5) is 28.3. The molecule has 1 saturated heterocycles. The highest BCUT2D eigenvalue weighted by atomic mass is 35.5. The zero-order valence-corrected chi connectivity index (χ0v) is 18.1. The van der Waals surface area contributed by atoms with Gasteiger partial charge < -0.3 is 19.9 Å². The van der Waals surface area contributed by atoms with Gasteiger partial charge in [0.15, 0.2) is 22.8 Å². The number of amides is 1. The summed E-state index contributed by atoms with van der Waals surface area (Å²) < 4.78 is 10.8. The molecule has 0 aliphatic carbocycles. The van der Waals surface area contributed by atoms with Crippen molar-refractivity contribution in [2.75, 3.05) is 7.11 Å². The molecule has 10 heteroatoms. The van der Waals surface area contributed by atoms with E-state index in [1.807, 2.05) is 0 Å². The molecule has 1 aliphatic rings. The third-order valence-electron chi connectivity index (χ3n) is 3.96. The molecule has 1 amide bonds. The van der Waals surface area contributed by atoms with Crippen molar-refractivity contribution >= 4 is 63.8 Å². The van der Waals surface area contributed by atoms with Gasteiger partial charge in [0, 0.05) is 5.56 Å². The molecule has 0 unspecified atom stereocenters. The second kappa shape index (κ2) is 9.42. The van der Waals surface area contributed by atoms with Crippen molar-refractivity contribution in [3.05, 3.63) is 56.9 Å². The molecule has 1 atom stereocenters. The Labute approximate surface area is 186 Å². The number of halogens is 2. The largest absolute Gasteiger partial charge is 0.493 e. The molecule has 0 spiro atoms. The fourth-order valence-electron chi connectivity index (χ4n) is 2.47. The van der Waals surface area contributed by atoms with E-state index in [-0.39, 0.29) is 16.7 Å². The number of thioether (sulfide) groups is 1. The Morgan fingerprint density at radius 2 is 2.00 bits per heavy atom. The SMILES string of the molecule is COc1cccc(/C=C2\SC(=Nc3cccc(Cl)c3Cl)NC2=O)c1O[C@H](C)C(=O)O. The third kappa shape index (κ3) is 4.89. The van der Waals surface area contributed by atoms with Crippen LogP contribution in [0.2, 0.25) is 10.0 Å². The Bertz CT molecular complexity index is 1070. The van der Waals surface area contributed by atoms with Crippen molar-refractivity contribution in [2.24, 2.45) is 4.99 Å². The number of carboxylic acid groups (broad SMARTS) is 1. The van der Waals surface area contributed by atoms with Crippen LogP contribution >= 0.6 is 35.0 Å². The molecule has 156 valence electrons. The summed E-state index contributed by atoms with van der Waals surface area (Å²) in [6.45, 7) is 1.40. The first-order valence-electron chi connectivity index (χ1n) is 8.60. The van der Waals surface area contributed by atoms with Crippen LogP contribution in [0.15, 0.2) is 46.3 Å². The lowest BCUT2D eigenvalue weighted by molar-refractivity contribution is -0.144.